The Hall–Kier alpha value is -2.30. The standard InChI is InChI=1S/C13H15NO4/c1-3-18-12-8-10(5-7-13(16)17)4-6-11(12)14-9(2)15/h4-8H,3H2,1-2H3,(H,14,15)(H,16,17)/p-1/b7-5+. The molecule has 5 nitrogen and oxygen atoms in total. The zero-order valence-corrected chi connectivity index (χ0v) is 10.2. The van der Waals surface area contributed by atoms with Gasteiger partial charge in [-0.25, -0.2) is 0 Å². The lowest BCUT2D eigenvalue weighted by molar-refractivity contribution is -0.297. The summed E-state index contributed by atoms with van der Waals surface area (Å²) in [6.07, 6.45) is 2.33. The summed E-state index contributed by atoms with van der Waals surface area (Å²) >= 11 is 0. The zero-order valence-electron chi connectivity index (χ0n) is 10.2. The molecule has 0 saturated carbocycles. The number of carbonyl (C=O) groups is 2. The van der Waals surface area contributed by atoms with Crippen LogP contribution in [0.3, 0.4) is 0 Å². The highest BCUT2D eigenvalue weighted by atomic mass is 16.5. The van der Waals surface area contributed by atoms with Crippen LogP contribution in [-0.2, 0) is 9.59 Å². The van der Waals surface area contributed by atoms with Gasteiger partial charge in [-0.1, -0.05) is 12.1 Å². The Labute approximate surface area is 105 Å². The van der Waals surface area contributed by atoms with Crippen LogP contribution < -0.4 is 15.2 Å². The van der Waals surface area contributed by atoms with Crippen molar-refractivity contribution in [3.63, 3.8) is 0 Å². The predicted octanol–water partition coefficient (Wildman–Crippen LogP) is 0.807. The lowest BCUT2D eigenvalue weighted by Crippen LogP contribution is -2.18. The lowest BCUT2D eigenvalue weighted by atomic mass is 10.1. The number of anilines is 1. The first kappa shape index (κ1) is 13.8. The molecule has 1 rings (SSSR count). The van der Waals surface area contributed by atoms with Crippen molar-refractivity contribution in [3.8, 4) is 5.75 Å². The van der Waals surface area contributed by atoms with E-state index < -0.39 is 5.97 Å². The number of amides is 1. The molecule has 0 aliphatic carbocycles. The van der Waals surface area contributed by atoms with Gasteiger partial charge >= 0.3 is 0 Å². The molecule has 1 amide bonds. The minimum Gasteiger partial charge on any atom is -0.545 e. The first-order valence-corrected chi connectivity index (χ1v) is 5.46. The molecule has 0 fully saturated rings. The summed E-state index contributed by atoms with van der Waals surface area (Å²) in [4.78, 5) is 21.3. The summed E-state index contributed by atoms with van der Waals surface area (Å²) in [5.74, 6) is -0.971. The average Bonchev–Trinajstić information content (AvgIpc) is 2.29. The Morgan fingerprint density at radius 1 is 1.44 bits per heavy atom. The lowest BCUT2D eigenvalue weighted by Gasteiger charge is -2.11. The first-order valence-electron chi connectivity index (χ1n) is 5.46. The summed E-state index contributed by atoms with van der Waals surface area (Å²) < 4.78 is 5.37. The zero-order chi connectivity index (χ0) is 13.5. The normalized spacial score (nSPS) is 10.3. The van der Waals surface area contributed by atoms with Crippen LogP contribution in [0.25, 0.3) is 6.08 Å². The fourth-order valence-corrected chi connectivity index (χ4v) is 1.37. The molecule has 0 spiro atoms. The highest BCUT2D eigenvalue weighted by Gasteiger charge is 2.05. The molecule has 1 aromatic rings. The molecule has 1 aromatic carbocycles. The van der Waals surface area contributed by atoms with Crippen LogP contribution >= 0.6 is 0 Å². The second kappa shape index (κ2) is 6.44. The van der Waals surface area contributed by atoms with E-state index in [2.05, 4.69) is 5.32 Å². The molecule has 0 aliphatic rings. The Balaban J connectivity index is 3.02. The molecule has 0 radical (unpaired) electrons. The van der Waals surface area contributed by atoms with Crippen LogP contribution in [0.5, 0.6) is 5.75 Å². The number of rotatable bonds is 5. The van der Waals surface area contributed by atoms with Crippen molar-refractivity contribution in [3.05, 3.63) is 29.8 Å². The highest BCUT2D eigenvalue weighted by Crippen LogP contribution is 2.26. The third-order valence-electron chi connectivity index (χ3n) is 2.03. The smallest absolute Gasteiger partial charge is 0.221 e. The van der Waals surface area contributed by atoms with Crippen LogP contribution in [0.1, 0.15) is 19.4 Å². The molecular formula is C13H14NO4-. The van der Waals surface area contributed by atoms with Gasteiger partial charge in [-0.05, 0) is 30.7 Å². The van der Waals surface area contributed by atoms with Crippen molar-refractivity contribution in [2.75, 3.05) is 11.9 Å². The van der Waals surface area contributed by atoms with Crippen LogP contribution in [0.4, 0.5) is 5.69 Å². The summed E-state index contributed by atoms with van der Waals surface area (Å²) in [6, 6.07) is 4.97. The van der Waals surface area contributed by atoms with Gasteiger partial charge in [0.2, 0.25) is 5.91 Å². The topological polar surface area (TPSA) is 78.5 Å². The van der Waals surface area contributed by atoms with Crippen molar-refractivity contribution in [2.24, 2.45) is 0 Å². The molecule has 0 unspecified atom stereocenters. The molecule has 1 N–H and O–H groups in total. The second-order valence-electron chi connectivity index (χ2n) is 3.52. The minimum atomic E-state index is -1.26. The van der Waals surface area contributed by atoms with Crippen LogP contribution in [-0.4, -0.2) is 18.5 Å². The maximum atomic E-state index is 11.0. The molecular weight excluding hydrogens is 234 g/mol. The van der Waals surface area contributed by atoms with E-state index in [1.54, 1.807) is 18.2 Å². The molecule has 0 atom stereocenters. The molecule has 96 valence electrons. The quantitative estimate of drug-likeness (QED) is 0.782. The van der Waals surface area contributed by atoms with E-state index in [1.807, 2.05) is 6.92 Å². The van der Waals surface area contributed by atoms with Crippen molar-refractivity contribution < 1.29 is 19.4 Å². The van der Waals surface area contributed by atoms with E-state index in [1.165, 1.54) is 13.0 Å². The van der Waals surface area contributed by atoms with Crippen molar-refractivity contribution in [2.45, 2.75) is 13.8 Å². The molecule has 0 aliphatic heterocycles. The van der Waals surface area contributed by atoms with E-state index in [9.17, 15) is 14.7 Å². The summed E-state index contributed by atoms with van der Waals surface area (Å²) in [7, 11) is 0. The number of aliphatic carboxylic acids is 1. The van der Waals surface area contributed by atoms with Gasteiger partial charge in [0.1, 0.15) is 5.75 Å². The number of carboxylic acids is 1. The van der Waals surface area contributed by atoms with Crippen LogP contribution in [0.2, 0.25) is 0 Å². The predicted molar refractivity (Wildman–Crippen MR) is 66.0 cm³/mol. The van der Waals surface area contributed by atoms with Gasteiger partial charge < -0.3 is 20.0 Å². The number of carboxylic acid groups (broad SMARTS) is 1. The number of nitrogens with one attached hydrogen (secondary N) is 1. The molecule has 18 heavy (non-hydrogen) atoms. The number of ether oxygens (including phenoxy) is 1. The third kappa shape index (κ3) is 4.29. The fourth-order valence-electron chi connectivity index (χ4n) is 1.37. The van der Waals surface area contributed by atoms with E-state index in [0.29, 0.717) is 23.6 Å². The molecule has 5 heteroatoms. The second-order valence-corrected chi connectivity index (χ2v) is 3.52. The van der Waals surface area contributed by atoms with Gasteiger partial charge in [-0.2, -0.15) is 0 Å². The first-order chi connectivity index (χ1) is 8.52. The Morgan fingerprint density at radius 2 is 2.17 bits per heavy atom. The van der Waals surface area contributed by atoms with Crippen LogP contribution in [0, 0.1) is 0 Å². The molecule has 0 saturated heterocycles. The molecule has 0 bridgehead atoms. The number of carbonyl (C=O) groups excluding carboxylic acids is 2. The number of benzene rings is 1. The SMILES string of the molecule is CCOc1cc(/C=C/C(=O)[O-])ccc1NC(C)=O. The highest BCUT2D eigenvalue weighted by molar-refractivity contribution is 5.91. The number of hydrogen-bond donors (Lipinski definition) is 1. The number of hydrogen-bond acceptors (Lipinski definition) is 4. The monoisotopic (exact) mass is 248 g/mol. The minimum absolute atomic E-state index is 0.200. The van der Waals surface area contributed by atoms with Gasteiger partial charge in [0.05, 0.1) is 18.3 Å². The van der Waals surface area contributed by atoms with Crippen molar-refractivity contribution in [1.29, 1.82) is 0 Å². The average molecular weight is 248 g/mol. The van der Waals surface area contributed by atoms with E-state index in [-0.39, 0.29) is 5.91 Å². The molecule has 0 heterocycles. The maximum absolute atomic E-state index is 11.0. The van der Waals surface area contributed by atoms with Gasteiger partial charge in [0.15, 0.2) is 0 Å². The van der Waals surface area contributed by atoms with Gasteiger partial charge in [0, 0.05) is 6.92 Å². The van der Waals surface area contributed by atoms with Gasteiger partial charge in [0.25, 0.3) is 0 Å². The van der Waals surface area contributed by atoms with Crippen molar-refractivity contribution >= 4 is 23.6 Å². The van der Waals surface area contributed by atoms with Gasteiger partial charge in [-0.3, -0.25) is 4.79 Å². The Morgan fingerprint density at radius 3 is 2.72 bits per heavy atom. The van der Waals surface area contributed by atoms with E-state index >= 15 is 0 Å². The summed E-state index contributed by atoms with van der Waals surface area (Å²) in [5, 5.41) is 12.9. The van der Waals surface area contributed by atoms with Gasteiger partial charge in [-0.15, -0.1) is 0 Å². The third-order valence-corrected chi connectivity index (χ3v) is 2.03. The Kier molecular flexibility index (Phi) is 4.92. The van der Waals surface area contributed by atoms with Crippen molar-refractivity contribution in [1.82, 2.24) is 0 Å². The fraction of sp³-hybridized carbons (Fsp3) is 0.231. The van der Waals surface area contributed by atoms with Crippen LogP contribution in [0.15, 0.2) is 24.3 Å². The molecule has 0 aromatic heterocycles. The summed E-state index contributed by atoms with van der Waals surface area (Å²) in [6.45, 7) is 3.67. The van der Waals surface area contributed by atoms with E-state index in [4.69, 9.17) is 4.74 Å². The largest absolute Gasteiger partial charge is 0.545 e. The van der Waals surface area contributed by atoms with E-state index in [0.717, 1.165) is 6.08 Å². The summed E-state index contributed by atoms with van der Waals surface area (Å²) in [5.41, 5.74) is 1.20. The maximum Gasteiger partial charge on any atom is 0.221 e. The Bertz CT molecular complexity index is 480.